The van der Waals surface area contributed by atoms with E-state index in [4.69, 9.17) is 15.3 Å². The molecule has 0 radical (unpaired) electrons. The zero-order valence-corrected chi connectivity index (χ0v) is 8.49. The van der Waals surface area contributed by atoms with E-state index in [-0.39, 0.29) is 32.1 Å². The summed E-state index contributed by atoms with van der Waals surface area (Å²) in [6.07, 6.45) is 1.06. The predicted molar refractivity (Wildman–Crippen MR) is 51.7 cm³/mol. The lowest BCUT2D eigenvalue weighted by Crippen LogP contribution is -2.53. The van der Waals surface area contributed by atoms with Crippen LogP contribution in [0.5, 0.6) is 0 Å². The van der Waals surface area contributed by atoms with Gasteiger partial charge in [0.1, 0.15) is 0 Å². The van der Waals surface area contributed by atoms with Crippen molar-refractivity contribution in [1.29, 1.82) is 0 Å². The molecule has 0 aliphatic carbocycles. The average Bonchev–Trinajstić information content (AvgIpc) is 2.23. The normalized spacial score (nSPS) is 11.4. The molecule has 84 valence electrons. The summed E-state index contributed by atoms with van der Waals surface area (Å²) < 4.78 is 0. The van der Waals surface area contributed by atoms with Crippen LogP contribution in [-0.2, 0) is 4.79 Å². The molecule has 0 heterocycles. The van der Waals surface area contributed by atoms with Crippen molar-refractivity contribution in [2.75, 3.05) is 19.8 Å². The first-order valence-corrected chi connectivity index (χ1v) is 4.77. The zero-order valence-electron chi connectivity index (χ0n) is 8.49. The van der Waals surface area contributed by atoms with E-state index in [9.17, 15) is 4.79 Å². The van der Waals surface area contributed by atoms with Crippen molar-refractivity contribution >= 4 is 5.91 Å². The van der Waals surface area contributed by atoms with E-state index < -0.39 is 5.54 Å². The SMILES string of the molecule is CCC(CO)(CO)NC(=O)CCCO. The van der Waals surface area contributed by atoms with E-state index >= 15 is 0 Å². The van der Waals surface area contributed by atoms with Crippen LogP contribution in [0.3, 0.4) is 0 Å². The standard InChI is InChI=1S/C9H19NO4/c1-2-9(6-12,7-13)10-8(14)4-3-5-11/h11-13H,2-7H2,1H3,(H,10,14). The van der Waals surface area contributed by atoms with Gasteiger partial charge in [-0.3, -0.25) is 4.79 Å². The van der Waals surface area contributed by atoms with Crippen LogP contribution in [0.2, 0.25) is 0 Å². The summed E-state index contributed by atoms with van der Waals surface area (Å²) in [4.78, 5) is 11.2. The van der Waals surface area contributed by atoms with Crippen molar-refractivity contribution in [2.45, 2.75) is 31.7 Å². The number of hydrogen-bond donors (Lipinski definition) is 4. The van der Waals surface area contributed by atoms with Gasteiger partial charge in [-0.25, -0.2) is 0 Å². The maximum atomic E-state index is 11.2. The van der Waals surface area contributed by atoms with E-state index in [0.717, 1.165) is 0 Å². The van der Waals surface area contributed by atoms with Crippen molar-refractivity contribution in [3.63, 3.8) is 0 Å². The Hall–Kier alpha value is -0.650. The van der Waals surface area contributed by atoms with Crippen LogP contribution in [0.15, 0.2) is 0 Å². The van der Waals surface area contributed by atoms with Gasteiger partial charge in [0, 0.05) is 13.0 Å². The van der Waals surface area contributed by atoms with Crippen LogP contribution in [0.1, 0.15) is 26.2 Å². The fraction of sp³-hybridized carbons (Fsp3) is 0.889. The fourth-order valence-corrected chi connectivity index (χ4v) is 1.04. The summed E-state index contributed by atoms with van der Waals surface area (Å²) in [5.41, 5.74) is -0.924. The second kappa shape index (κ2) is 6.75. The maximum absolute atomic E-state index is 11.2. The molecule has 0 saturated heterocycles. The summed E-state index contributed by atoms with van der Waals surface area (Å²) in [6.45, 7) is 1.17. The maximum Gasteiger partial charge on any atom is 0.220 e. The summed E-state index contributed by atoms with van der Waals surface area (Å²) in [6, 6.07) is 0. The Morgan fingerprint density at radius 1 is 1.29 bits per heavy atom. The minimum atomic E-state index is -0.924. The van der Waals surface area contributed by atoms with Crippen molar-refractivity contribution < 1.29 is 20.1 Å². The Morgan fingerprint density at radius 2 is 1.86 bits per heavy atom. The predicted octanol–water partition coefficient (Wildman–Crippen LogP) is -0.992. The first-order valence-electron chi connectivity index (χ1n) is 4.77. The van der Waals surface area contributed by atoms with Gasteiger partial charge in [0.15, 0.2) is 0 Å². The second-order valence-corrected chi connectivity index (χ2v) is 3.33. The fourth-order valence-electron chi connectivity index (χ4n) is 1.04. The van der Waals surface area contributed by atoms with Crippen LogP contribution in [0.4, 0.5) is 0 Å². The third-order valence-corrected chi connectivity index (χ3v) is 2.25. The average molecular weight is 205 g/mol. The van der Waals surface area contributed by atoms with Crippen LogP contribution in [0.25, 0.3) is 0 Å². The highest BCUT2D eigenvalue weighted by atomic mass is 16.3. The number of aliphatic hydroxyl groups excluding tert-OH is 3. The minimum absolute atomic E-state index is 0.0369. The molecule has 14 heavy (non-hydrogen) atoms. The smallest absolute Gasteiger partial charge is 0.220 e. The molecule has 0 saturated carbocycles. The molecule has 5 nitrogen and oxygen atoms in total. The largest absolute Gasteiger partial charge is 0.396 e. The molecule has 4 N–H and O–H groups in total. The van der Waals surface area contributed by atoms with Gasteiger partial charge in [-0.15, -0.1) is 0 Å². The molecule has 0 aromatic rings. The van der Waals surface area contributed by atoms with Gasteiger partial charge in [-0.1, -0.05) is 6.92 Å². The molecule has 0 fully saturated rings. The van der Waals surface area contributed by atoms with Crippen molar-refractivity contribution in [2.24, 2.45) is 0 Å². The quantitative estimate of drug-likeness (QED) is 0.429. The Balaban J connectivity index is 4.08. The van der Waals surface area contributed by atoms with Gasteiger partial charge in [0.05, 0.1) is 18.8 Å². The zero-order chi connectivity index (χ0) is 11.0. The lowest BCUT2D eigenvalue weighted by molar-refractivity contribution is -0.124. The van der Waals surface area contributed by atoms with Crippen molar-refractivity contribution in [1.82, 2.24) is 5.32 Å². The van der Waals surface area contributed by atoms with Crippen molar-refractivity contribution in [3.05, 3.63) is 0 Å². The second-order valence-electron chi connectivity index (χ2n) is 3.33. The summed E-state index contributed by atoms with van der Waals surface area (Å²) in [7, 11) is 0. The number of amides is 1. The molecule has 0 aromatic carbocycles. The highest BCUT2D eigenvalue weighted by molar-refractivity contribution is 5.76. The first kappa shape index (κ1) is 13.4. The molecule has 0 aromatic heterocycles. The number of rotatable bonds is 7. The van der Waals surface area contributed by atoms with Gasteiger partial charge in [-0.2, -0.15) is 0 Å². The lowest BCUT2D eigenvalue weighted by Gasteiger charge is -2.29. The van der Waals surface area contributed by atoms with E-state index in [1.807, 2.05) is 0 Å². The van der Waals surface area contributed by atoms with Crippen LogP contribution < -0.4 is 5.32 Å². The molecule has 0 unspecified atom stereocenters. The van der Waals surface area contributed by atoms with E-state index in [2.05, 4.69) is 5.32 Å². The number of aliphatic hydroxyl groups is 3. The Kier molecular flexibility index (Phi) is 6.44. The van der Waals surface area contributed by atoms with E-state index in [0.29, 0.717) is 12.8 Å². The number of carbonyl (C=O) groups is 1. The molecule has 5 heteroatoms. The highest BCUT2D eigenvalue weighted by Gasteiger charge is 2.27. The molecule has 0 aliphatic heterocycles. The van der Waals surface area contributed by atoms with Crippen LogP contribution >= 0.6 is 0 Å². The van der Waals surface area contributed by atoms with Gasteiger partial charge in [-0.05, 0) is 12.8 Å². The topological polar surface area (TPSA) is 89.8 Å². The summed E-state index contributed by atoms with van der Waals surface area (Å²) >= 11 is 0. The third kappa shape index (κ3) is 4.04. The Labute approximate surface area is 83.8 Å². The minimum Gasteiger partial charge on any atom is -0.396 e. The molecule has 0 rings (SSSR count). The highest BCUT2D eigenvalue weighted by Crippen LogP contribution is 2.08. The molecule has 0 bridgehead atoms. The monoisotopic (exact) mass is 205 g/mol. The summed E-state index contributed by atoms with van der Waals surface area (Å²) in [5.74, 6) is -0.260. The number of carbonyl (C=O) groups excluding carboxylic acids is 1. The molecule has 0 atom stereocenters. The third-order valence-electron chi connectivity index (χ3n) is 2.25. The Bertz CT molecular complexity index is 160. The number of nitrogens with one attached hydrogen (secondary N) is 1. The van der Waals surface area contributed by atoms with E-state index in [1.54, 1.807) is 6.92 Å². The molecular formula is C9H19NO4. The molecular weight excluding hydrogens is 186 g/mol. The van der Waals surface area contributed by atoms with Gasteiger partial charge in [0.25, 0.3) is 0 Å². The molecule has 0 spiro atoms. The lowest BCUT2D eigenvalue weighted by atomic mass is 9.98. The Morgan fingerprint density at radius 3 is 2.21 bits per heavy atom. The van der Waals surface area contributed by atoms with Gasteiger partial charge in [0.2, 0.25) is 5.91 Å². The van der Waals surface area contributed by atoms with Crippen molar-refractivity contribution in [3.8, 4) is 0 Å². The van der Waals surface area contributed by atoms with Crippen LogP contribution in [-0.4, -0.2) is 46.6 Å². The number of hydrogen-bond acceptors (Lipinski definition) is 4. The summed E-state index contributed by atoms with van der Waals surface area (Å²) in [5, 5.41) is 29.1. The van der Waals surface area contributed by atoms with Gasteiger partial charge < -0.3 is 20.6 Å². The first-order chi connectivity index (χ1) is 6.64. The van der Waals surface area contributed by atoms with E-state index in [1.165, 1.54) is 0 Å². The molecule has 1 amide bonds. The van der Waals surface area contributed by atoms with Crippen LogP contribution in [0, 0.1) is 0 Å². The molecule has 0 aliphatic rings. The van der Waals surface area contributed by atoms with Gasteiger partial charge >= 0.3 is 0 Å².